The fourth-order valence-electron chi connectivity index (χ4n) is 1.95. The van der Waals surface area contributed by atoms with E-state index in [1.807, 2.05) is 37.6 Å². The smallest absolute Gasteiger partial charge is 0.124 e. The molecule has 0 aliphatic rings. The first-order valence-corrected chi connectivity index (χ1v) is 6.64. The van der Waals surface area contributed by atoms with E-state index < -0.39 is 6.10 Å². The van der Waals surface area contributed by atoms with E-state index in [1.165, 1.54) is 0 Å². The van der Waals surface area contributed by atoms with Crippen molar-refractivity contribution in [3.63, 3.8) is 0 Å². The van der Waals surface area contributed by atoms with E-state index in [-0.39, 0.29) is 6.04 Å². The molecular weight excluding hydrogens is 294 g/mol. The molecule has 0 spiro atoms. The lowest BCUT2D eigenvalue weighted by Crippen LogP contribution is -2.13. The van der Waals surface area contributed by atoms with Gasteiger partial charge in [-0.25, -0.2) is 0 Å². The van der Waals surface area contributed by atoms with E-state index in [0.717, 1.165) is 21.4 Å². The predicted octanol–water partition coefficient (Wildman–Crippen LogP) is 3.01. The fourth-order valence-corrected chi connectivity index (χ4v) is 2.44. The monoisotopic (exact) mass is 309 g/mol. The Kier molecular flexibility index (Phi) is 3.82. The van der Waals surface area contributed by atoms with Crippen molar-refractivity contribution >= 4 is 15.9 Å². The molecule has 0 amide bonds. The Bertz CT molecular complexity index is 551. The largest absolute Gasteiger partial charge is 0.382 e. The summed E-state index contributed by atoms with van der Waals surface area (Å²) >= 11 is 3.44. The van der Waals surface area contributed by atoms with E-state index in [9.17, 15) is 5.11 Å². The summed E-state index contributed by atoms with van der Waals surface area (Å²) in [5.41, 5.74) is 2.40. The van der Waals surface area contributed by atoms with E-state index in [0.29, 0.717) is 0 Å². The van der Waals surface area contributed by atoms with E-state index in [2.05, 4.69) is 26.0 Å². The van der Waals surface area contributed by atoms with Crippen molar-refractivity contribution in [3.8, 4) is 0 Å². The molecular formula is C13H16BrN3O. The van der Waals surface area contributed by atoms with Gasteiger partial charge in [-0.3, -0.25) is 9.67 Å². The Hall–Kier alpha value is -1.20. The Morgan fingerprint density at radius 1 is 1.39 bits per heavy atom. The lowest BCUT2D eigenvalue weighted by molar-refractivity contribution is 0.203. The van der Waals surface area contributed by atoms with Crippen molar-refractivity contribution in [2.24, 2.45) is 0 Å². The summed E-state index contributed by atoms with van der Waals surface area (Å²) in [6.07, 6.45) is 2.71. The van der Waals surface area contributed by atoms with E-state index in [4.69, 9.17) is 0 Å². The first-order chi connectivity index (χ1) is 8.52. The molecule has 0 radical (unpaired) electrons. The van der Waals surface area contributed by atoms with Gasteiger partial charge in [-0.05, 0) is 42.8 Å². The average Bonchev–Trinajstić information content (AvgIpc) is 2.71. The molecule has 1 unspecified atom stereocenters. The Balaban J connectivity index is 2.49. The number of hydrogen-bond donors (Lipinski definition) is 1. The van der Waals surface area contributed by atoms with Crippen LogP contribution in [0.5, 0.6) is 0 Å². The minimum Gasteiger partial charge on any atom is -0.382 e. The van der Waals surface area contributed by atoms with Crippen LogP contribution in [0.1, 0.15) is 42.9 Å². The summed E-state index contributed by atoms with van der Waals surface area (Å²) in [6.45, 7) is 5.96. The molecule has 0 aromatic carbocycles. The summed E-state index contributed by atoms with van der Waals surface area (Å²) in [6, 6.07) is 3.91. The highest BCUT2D eigenvalue weighted by atomic mass is 79.9. The van der Waals surface area contributed by atoms with Crippen molar-refractivity contribution in [1.82, 2.24) is 14.8 Å². The third-order valence-corrected chi connectivity index (χ3v) is 3.49. The molecule has 18 heavy (non-hydrogen) atoms. The molecule has 0 fully saturated rings. The van der Waals surface area contributed by atoms with Crippen LogP contribution in [0.4, 0.5) is 0 Å². The van der Waals surface area contributed by atoms with Gasteiger partial charge in [0.1, 0.15) is 6.10 Å². The fraction of sp³-hybridized carbons (Fsp3) is 0.385. The lowest BCUT2D eigenvalue weighted by atomic mass is 10.1. The minimum atomic E-state index is -0.724. The van der Waals surface area contributed by atoms with Gasteiger partial charge < -0.3 is 5.11 Å². The van der Waals surface area contributed by atoms with Gasteiger partial charge in [-0.15, -0.1) is 0 Å². The van der Waals surface area contributed by atoms with Crippen molar-refractivity contribution in [1.29, 1.82) is 0 Å². The van der Waals surface area contributed by atoms with Crippen LogP contribution in [-0.2, 0) is 0 Å². The van der Waals surface area contributed by atoms with Crippen LogP contribution in [-0.4, -0.2) is 19.9 Å². The number of pyridine rings is 1. The molecule has 96 valence electrons. The molecule has 2 heterocycles. The quantitative estimate of drug-likeness (QED) is 0.948. The Morgan fingerprint density at radius 2 is 2.11 bits per heavy atom. The number of hydrogen-bond acceptors (Lipinski definition) is 3. The summed E-state index contributed by atoms with van der Waals surface area (Å²) in [5, 5.41) is 14.8. The molecule has 2 aromatic rings. The number of aryl methyl sites for hydroxylation is 1. The van der Waals surface area contributed by atoms with Crippen LogP contribution in [0.3, 0.4) is 0 Å². The number of aromatic nitrogens is 3. The molecule has 2 rings (SSSR count). The Morgan fingerprint density at radius 3 is 2.72 bits per heavy atom. The van der Waals surface area contributed by atoms with Gasteiger partial charge in [0.25, 0.3) is 0 Å². The second kappa shape index (κ2) is 5.20. The van der Waals surface area contributed by atoms with E-state index >= 15 is 0 Å². The van der Waals surface area contributed by atoms with Gasteiger partial charge >= 0.3 is 0 Å². The zero-order valence-electron chi connectivity index (χ0n) is 10.6. The highest BCUT2D eigenvalue weighted by molar-refractivity contribution is 9.10. The molecule has 1 N–H and O–H groups in total. The number of halogens is 1. The predicted molar refractivity (Wildman–Crippen MR) is 73.3 cm³/mol. The van der Waals surface area contributed by atoms with Gasteiger partial charge in [-0.2, -0.15) is 5.10 Å². The first kappa shape index (κ1) is 13.2. The summed E-state index contributed by atoms with van der Waals surface area (Å²) in [7, 11) is 0. The SMILES string of the molecule is Cc1ncccc1C(O)c1c(Br)cnn1C(C)C. The van der Waals surface area contributed by atoms with Crippen LogP contribution in [0.25, 0.3) is 0 Å². The molecule has 4 nitrogen and oxygen atoms in total. The first-order valence-electron chi connectivity index (χ1n) is 5.85. The topological polar surface area (TPSA) is 50.9 Å². The average molecular weight is 310 g/mol. The van der Waals surface area contributed by atoms with Crippen molar-refractivity contribution < 1.29 is 5.11 Å². The summed E-state index contributed by atoms with van der Waals surface area (Å²) in [5.74, 6) is 0. The van der Waals surface area contributed by atoms with E-state index in [1.54, 1.807) is 12.4 Å². The molecule has 0 aliphatic heterocycles. The lowest BCUT2D eigenvalue weighted by Gasteiger charge is -2.18. The van der Waals surface area contributed by atoms with Gasteiger partial charge in [0.05, 0.1) is 16.4 Å². The summed E-state index contributed by atoms with van der Waals surface area (Å²) < 4.78 is 2.63. The minimum absolute atomic E-state index is 0.193. The standard InChI is InChI=1S/C13H16BrN3O/c1-8(2)17-12(11(14)7-16-17)13(18)10-5-4-6-15-9(10)3/h4-8,13,18H,1-3H3. The van der Waals surface area contributed by atoms with Crippen LogP contribution in [0.2, 0.25) is 0 Å². The van der Waals surface area contributed by atoms with Crippen LogP contribution < -0.4 is 0 Å². The van der Waals surface area contributed by atoms with Crippen LogP contribution in [0.15, 0.2) is 29.0 Å². The highest BCUT2D eigenvalue weighted by Crippen LogP contribution is 2.31. The maximum absolute atomic E-state index is 10.5. The van der Waals surface area contributed by atoms with Crippen molar-refractivity contribution in [3.05, 3.63) is 46.0 Å². The highest BCUT2D eigenvalue weighted by Gasteiger charge is 2.22. The van der Waals surface area contributed by atoms with Gasteiger partial charge in [0.2, 0.25) is 0 Å². The third kappa shape index (κ3) is 2.33. The molecule has 1 atom stereocenters. The number of nitrogens with zero attached hydrogens (tertiary/aromatic N) is 3. The van der Waals surface area contributed by atoms with Crippen LogP contribution in [0, 0.1) is 6.92 Å². The zero-order chi connectivity index (χ0) is 13.3. The van der Waals surface area contributed by atoms with Gasteiger partial charge in [0.15, 0.2) is 0 Å². The number of rotatable bonds is 3. The van der Waals surface area contributed by atoms with Crippen molar-refractivity contribution in [2.75, 3.05) is 0 Å². The Labute approximate surface area is 115 Å². The molecule has 5 heteroatoms. The molecule has 0 saturated heterocycles. The normalized spacial score (nSPS) is 13.0. The van der Waals surface area contributed by atoms with Crippen LogP contribution >= 0.6 is 15.9 Å². The number of aliphatic hydroxyl groups excluding tert-OH is 1. The number of aliphatic hydroxyl groups is 1. The molecule has 0 saturated carbocycles. The third-order valence-electron chi connectivity index (χ3n) is 2.88. The second-order valence-corrected chi connectivity index (χ2v) is 5.35. The zero-order valence-corrected chi connectivity index (χ0v) is 12.2. The summed E-state index contributed by atoms with van der Waals surface area (Å²) in [4.78, 5) is 4.21. The van der Waals surface area contributed by atoms with Crippen molar-refractivity contribution in [2.45, 2.75) is 32.9 Å². The maximum atomic E-state index is 10.5. The molecule has 2 aromatic heterocycles. The molecule has 0 bridgehead atoms. The second-order valence-electron chi connectivity index (χ2n) is 4.50. The van der Waals surface area contributed by atoms with Gasteiger partial charge in [-0.1, -0.05) is 6.07 Å². The van der Waals surface area contributed by atoms with Gasteiger partial charge in [0, 0.05) is 23.5 Å². The molecule has 0 aliphatic carbocycles. The maximum Gasteiger partial charge on any atom is 0.124 e.